The maximum atomic E-state index is 13.2. The van der Waals surface area contributed by atoms with Gasteiger partial charge in [0.05, 0.1) is 18.0 Å². The first-order valence-corrected chi connectivity index (χ1v) is 11.1. The third-order valence-corrected chi connectivity index (χ3v) is 6.27. The first-order valence-electron chi connectivity index (χ1n) is 11.1. The molecular formula is C27H25N3O2. The van der Waals surface area contributed by atoms with Crippen LogP contribution >= 0.6 is 0 Å². The van der Waals surface area contributed by atoms with Crippen molar-refractivity contribution in [2.75, 3.05) is 0 Å². The molecule has 0 bridgehead atoms. The van der Waals surface area contributed by atoms with E-state index in [2.05, 4.69) is 28.5 Å². The molecular weight excluding hydrogens is 398 g/mol. The predicted molar refractivity (Wildman–Crippen MR) is 127 cm³/mol. The summed E-state index contributed by atoms with van der Waals surface area (Å²) in [5.41, 5.74) is 6.74. The Kier molecular flexibility index (Phi) is 5.31. The number of hydrogen-bond acceptors (Lipinski definition) is 3. The van der Waals surface area contributed by atoms with E-state index >= 15 is 0 Å². The number of carbonyl (C=O) groups is 1. The molecule has 1 aliphatic carbocycles. The van der Waals surface area contributed by atoms with Crippen molar-refractivity contribution in [3.8, 4) is 11.1 Å². The Morgan fingerprint density at radius 3 is 2.69 bits per heavy atom. The average molecular weight is 424 g/mol. The topological polar surface area (TPSA) is 74.8 Å². The molecule has 32 heavy (non-hydrogen) atoms. The van der Waals surface area contributed by atoms with E-state index in [-0.39, 0.29) is 23.9 Å². The molecule has 1 unspecified atom stereocenters. The van der Waals surface area contributed by atoms with Crippen LogP contribution in [0.4, 0.5) is 0 Å². The average Bonchev–Trinajstić information content (AvgIpc) is 2.80. The second-order valence-electron chi connectivity index (χ2n) is 8.38. The molecule has 0 spiro atoms. The number of rotatable bonds is 4. The zero-order chi connectivity index (χ0) is 22.1. The van der Waals surface area contributed by atoms with E-state index in [4.69, 9.17) is 4.98 Å². The molecule has 0 saturated heterocycles. The van der Waals surface area contributed by atoms with Crippen LogP contribution < -0.4 is 10.9 Å². The second-order valence-corrected chi connectivity index (χ2v) is 8.38. The summed E-state index contributed by atoms with van der Waals surface area (Å²) in [6.07, 6.45) is 2.89. The number of pyridine rings is 2. The lowest BCUT2D eigenvalue weighted by atomic mass is 9.90. The van der Waals surface area contributed by atoms with Crippen LogP contribution in [0.5, 0.6) is 0 Å². The van der Waals surface area contributed by atoms with Gasteiger partial charge in [0.2, 0.25) is 11.5 Å². The number of hydrogen-bond donors (Lipinski definition) is 2. The lowest BCUT2D eigenvalue weighted by molar-refractivity contribution is -0.121. The fraction of sp³-hybridized carbons (Fsp3) is 0.222. The molecule has 1 amide bonds. The summed E-state index contributed by atoms with van der Waals surface area (Å²) in [6, 6.07) is 21.6. The van der Waals surface area contributed by atoms with Crippen LogP contribution in [-0.2, 0) is 17.6 Å². The second kappa shape index (κ2) is 8.42. The minimum absolute atomic E-state index is 0.0357. The van der Waals surface area contributed by atoms with Crippen molar-refractivity contribution in [1.29, 1.82) is 0 Å². The molecule has 5 rings (SSSR count). The van der Waals surface area contributed by atoms with Gasteiger partial charge < -0.3 is 10.3 Å². The fourth-order valence-corrected chi connectivity index (χ4v) is 4.78. The Morgan fingerprint density at radius 2 is 1.84 bits per heavy atom. The van der Waals surface area contributed by atoms with Gasteiger partial charge in [0.1, 0.15) is 0 Å². The Balaban J connectivity index is 1.51. The zero-order valence-electron chi connectivity index (χ0n) is 18.0. The van der Waals surface area contributed by atoms with Crippen LogP contribution in [0.1, 0.15) is 41.4 Å². The molecule has 1 atom stereocenters. The summed E-state index contributed by atoms with van der Waals surface area (Å²) in [4.78, 5) is 32.6. The van der Waals surface area contributed by atoms with E-state index in [0.717, 1.165) is 63.8 Å². The highest BCUT2D eigenvalue weighted by atomic mass is 16.1. The zero-order valence-corrected chi connectivity index (χ0v) is 18.0. The van der Waals surface area contributed by atoms with Gasteiger partial charge in [-0.1, -0.05) is 48.5 Å². The van der Waals surface area contributed by atoms with Gasteiger partial charge in [-0.05, 0) is 60.6 Å². The third-order valence-electron chi connectivity index (χ3n) is 6.27. The van der Waals surface area contributed by atoms with Crippen LogP contribution in [0.2, 0.25) is 0 Å². The molecule has 160 valence electrons. The number of amides is 1. The normalized spacial score (nSPS) is 15.3. The minimum atomic E-state index is -0.0962. The molecule has 5 heteroatoms. The number of benzene rings is 2. The van der Waals surface area contributed by atoms with Crippen LogP contribution in [0.25, 0.3) is 22.0 Å². The molecule has 0 fully saturated rings. The van der Waals surface area contributed by atoms with Crippen LogP contribution in [0.15, 0.2) is 71.5 Å². The Hall–Kier alpha value is -3.73. The number of para-hydroxylation sites is 1. The maximum Gasteiger partial charge on any atom is 0.248 e. The van der Waals surface area contributed by atoms with Crippen LogP contribution in [0.3, 0.4) is 0 Å². The highest BCUT2D eigenvalue weighted by Gasteiger charge is 2.24. The van der Waals surface area contributed by atoms with Gasteiger partial charge in [0.25, 0.3) is 0 Å². The molecule has 2 aromatic heterocycles. The molecule has 0 saturated carbocycles. The first-order chi connectivity index (χ1) is 15.6. The number of aromatic nitrogens is 2. The Labute approximate surface area is 186 Å². The molecule has 2 heterocycles. The summed E-state index contributed by atoms with van der Waals surface area (Å²) in [6.45, 7) is 1.97. The van der Waals surface area contributed by atoms with Crippen molar-refractivity contribution < 1.29 is 4.79 Å². The SMILES string of the molecule is Cc1nc2ccccc2c(-c2ccccc2)c1CC(=O)NC1CCCc2[nH]c(=O)ccc21. The highest BCUT2D eigenvalue weighted by Crippen LogP contribution is 2.34. The number of nitrogens with zero attached hydrogens (tertiary/aromatic N) is 1. The fourth-order valence-electron chi connectivity index (χ4n) is 4.78. The molecule has 0 aliphatic heterocycles. The van der Waals surface area contributed by atoms with Crippen molar-refractivity contribution in [1.82, 2.24) is 15.3 Å². The smallest absolute Gasteiger partial charge is 0.248 e. The molecule has 4 aromatic rings. The number of fused-ring (bicyclic) bond motifs is 2. The van der Waals surface area contributed by atoms with Gasteiger partial charge in [-0.25, -0.2) is 0 Å². The number of H-pyrrole nitrogens is 1. The number of carbonyl (C=O) groups excluding carboxylic acids is 1. The summed E-state index contributed by atoms with van der Waals surface area (Å²) in [5, 5.41) is 4.26. The summed E-state index contributed by atoms with van der Waals surface area (Å²) in [7, 11) is 0. The van der Waals surface area contributed by atoms with E-state index in [1.165, 1.54) is 6.07 Å². The third kappa shape index (κ3) is 3.82. The van der Waals surface area contributed by atoms with Crippen LogP contribution in [-0.4, -0.2) is 15.9 Å². The lowest BCUT2D eigenvalue weighted by Crippen LogP contribution is -2.33. The molecule has 2 N–H and O–H groups in total. The van der Waals surface area contributed by atoms with Crippen molar-refractivity contribution in [2.45, 2.75) is 38.6 Å². The van der Waals surface area contributed by atoms with Crippen molar-refractivity contribution in [2.24, 2.45) is 0 Å². The van der Waals surface area contributed by atoms with Gasteiger partial charge >= 0.3 is 0 Å². The van der Waals surface area contributed by atoms with Crippen molar-refractivity contribution >= 4 is 16.8 Å². The molecule has 2 aromatic carbocycles. The number of nitrogens with one attached hydrogen (secondary N) is 2. The van der Waals surface area contributed by atoms with Gasteiger partial charge in [-0.3, -0.25) is 14.6 Å². The Bertz CT molecular complexity index is 1360. The van der Waals surface area contributed by atoms with Crippen molar-refractivity contribution in [3.05, 3.63) is 99.6 Å². The largest absolute Gasteiger partial charge is 0.349 e. The highest BCUT2D eigenvalue weighted by molar-refractivity contribution is 5.98. The van der Waals surface area contributed by atoms with E-state index in [1.807, 2.05) is 49.4 Å². The molecule has 0 radical (unpaired) electrons. The predicted octanol–water partition coefficient (Wildman–Crippen LogP) is 4.63. The summed E-state index contributed by atoms with van der Waals surface area (Å²) < 4.78 is 0. The maximum absolute atomic E-state index is 13.2. The number of aromatic amines is 1. The van der Waals surface area contributed by atoms with Gasteiger partial charge in [-0.15, -0.1) is 0 Å². The molecule has 1 aliphatic rings. The van der Waals surface area contributed by atoms with E-state index in [9.17, 15) is 9.59 Å². The quantitative estimate of drug-likeness (QED) is 0.502. The lowest BCUT2D eigenvalue weighted by Gasteiger charge is -2.26. The summed E-state index contributed by atoms with van der Waals surface area (Å²) in [5.74, 6) is -0.0357. The number of aryl methyl sites for hydroxylation is 2. The van der Waals surface area contributed by atoms with Gasteiger partial charge in [0, 0.05) is 22.8 Å². The van der Waals surface area contributed by atoms with Gasteiger partial charge in [-0.2, -0.15) is 0 Å². The van der Waals surface area contributed by atoms with E-state index in [0.29, 0.717) is 0 Å². The van der Waals surface area contributed by atoms with E-state index in [1.54, 1.807) is 0 Å². The monoisotopic (exact) mass is 423 g/mol. The Morgan fingerprint density at radius 1 is 1.06 bits per heavy atom. The van der Waals surface area contributed by atoms with Crippen molar-refractivity contribution in [3.63, 3.8) is 0 Å². The van der Waals surface area contributed by atoms with Gasteiger partial charge in [0.15, 0.2) is 0 Å². The first kappa shape index (κ1) is 20.2. The van der Waals surface area contributed by atoms with E-state index < -0.39 is 0 Å². The van der Waals surface area contributed by atoms with Crippen LogP contribution in [0, 0.1) is 6.92 Å². The minimum Gasteiger partial charge on any atom is -0.349 e. The standard InChI is InChI=1S/C27H25N3O2/c1-17-21(16-26(32)30-23-13-7-12-22-19(23)14-15-25(31)29-22)27(18-8-3-2-4-9-18)20-10-5-6-11-24(20)28-17/h2-6,8-11,14-15,23H,7,12-13,16H2,1H3,(H,29,31)(H,30,32). The molecule has 5 nitrogen and oxygen atoms in total. The summed E-state index contributed by atoms with van der Waals surface area (Å²) >= 11 is 0.